The molecule has 1 N–H and O–H groups in total. The summed E-state index contributed by atoms with van der Waals surface area (Å²) in [6.07, 6.45) is 0.438. The van der Waals surface area contributed by atoms with Crippen LogP contribution in [-0.4, -0.2) is 51.2 Å². The van der Waals surface area contributed by atoms with E-state index in [-0.39, 0.29) is 5.97 Å². The molecule has 0 aromatic carbocycles. The van der Waals surface area contributed by atoms with Gasteiger partial charge in [-0.25, -0.2) is 0 Å². The van der Waals surface area contributed by atoms with Crippen molar-refractivity contribution in [3.63, 3.8) is 0 Å². The van der Waals surface area contributed by atoms with Crippen LogP contribution in [-0.2, 0) is 9.53 Å². The Labute approximate surface area is 93.0 Å². The van der Waals surface area contributed by atoms with E-state index >= 15 is 0 Å². The van der Waals surface area contributed by atoms with E-state index in [1.807, 2.05) is 0 Å². The van der Waals surface area contributed by atoms with E-state index in [2.05, 4.69) is 42.9 Å². The maximum absolute atomic E-state index is 10.9. The molecule has 1 atom stereocenters. The third kappa shape index (κ3) is 7.33. The Morgan fingerprint density at radius 1 is 1.40 bits per heavy atom. The molecule has 90 valence electrons. The number of hydrogen-bond acceptors (Lipinski definition) is 4. The second-order valence-electron chi connectivity index (χ2n) is 4.39. The highest BCUT2D eigenvalue weighted by atomic mass is 16.5. The van der Waals surface area contributed by atoms with Gasteiger partial charge in [0, 0.05) is 19.1 Å². The number of ether oxygens (including phenoxy) is 1. The van der Waals surface area contributed by atoms with Crippen molar-refractivity contribution >= 4 is 5.97 Å². The summed E-state index contributed by atoms with van der Waals surface area (Å²) in [6, 6.07) is 0.421. The van der Waals surface area contributed by atoms with Gasteiger partial charge in [-0.3, -0.25) is 4.79 Å². The average Bonchev–Trinajstić information content (AvgIpc) is 2.15. The number of carbonyl (C=O) groups is 1. The minimum atomic E-state index is -0.158. The Balaban J connectivity index is 3.81. The lowest BCUT2D eigenvalue weighted by Crippen LogP contribution is -2.42. The van der Waals surface area contributed by atoms with Crippen LogP contribution in [0.25, 0.3) is 0 Å². The zero-order valence-electron chi connectivity index (χ0n) is 10.5. The first kappa shape index (κ1) is 14.4. The van der Waals surface area contributed by atoms with Gasteiger partial charge < -0.3 is 15.0 Å². The molecule has 0 rings (SSSR count). The van der Waals surface area contributed by atoms with Gasteiger partial charge in [0.25, 0.3) is 0 Å². The molecule has 4 heteroatoms. The SMILES string of the molecule is COC(=O)CCNC(CN(C)C)C(C)C. The zero-order chi connectivity index (χ0) is 11.8. The Bertz CT molecular complexity index is 181. The molecule has 0 aromatic heterocycles. The summed E-state index contributed by atoms with van der Waals surface area (Å²) in [7, 11) is 5.52. The number of nitrogens with one attached hydrogen (secondary N) is 1. The fourth-order valence-electron chi connectivity index (χ4n) is 1.37. The van der Waals surface area contributed by atoms with Crippen molar-refractivity contribution in [1.82, 2.24) is 10.2 Å². The largest absolute Gasteiger partial charge is 0.469 e. The summed E-state index contributed by atoms with van der Waals surface area (Å²) in [5, 5.41) is 3.37. The predicted octanol–water partition coefficient (Wildman–Crippen LogP) is 0.725. The van der Waals surface area contributed by atoms with Crippen LogP contribution in [0.15, 0.2) is 0 Å². The van der Waals surface area contributed by atoms with Crippen molar-refractivity contribution < 1.29 is 9.53 Å². The number of methoxy groups -OCH3 is 1. The Morgan fingerprint density at radius 2 is 2.00 bits per heavy atom. The second kappa shape index (κ2) is 7.65. The van der Waals surface area contributed by atoms with E-state index in [1.165, 1.54) is 7.11 Å². The average molecular weight is 216 g/mol. The summed E-state index contributed by atoms with van der Waals surface area (Å²) in [5.74, 6) is 0.403. The fraction of sp³-hybridized carbons (Fsp3) is 0.909. The Morgan fingerprint density at radius 3 is 2.40 bits per heavy atom. The standard InChI is InChI=1S/C11H24N2O2/c1-9(2)10(8-13(3)4)12-7-6-11(14)15-5/h9-10,12H,6-8H2,1-5H3. The first-order valence-electron chi connectivity index (χ1n) is 5.42. The van der Waals surface area contributed by atoms with Gasteiger partial charge in [0.05, 0.1) is 13.5 Å². The lowest BCUT2D eigenvalue weighted by molar-refractivity contribution is -0.140. The molecule has 0 aliphatic heterocycles. The van der Waals surface area contributed by atoms with Gasteiger partial charge in [-0.15, -0.1) is 0 Å². The second-order valence-corrected chi connectivity index (χ2v) is 4.39. The molecule has 0 heterocycles. The van der Waals surface area contributed by atoms with Gasteiger partial charge in [0.1, 0.15) is 0 Å². The lowest BCUT2D eigenvalue weighted by atomic mass is 10.0. The first-order valence-corrected chi connectivity index (χ1v) is 5.42. The van der Waals surface area contributed by atoms with Crippen LogP contribution < -0.4 is 5.32 Å². The maximum atomic E-state index is 10.9. The zero-order valence-corrected chi connectivity index (χ0v) is 10.5. The molecule has 0 spiro atoms. The monoisotopic (exact) mass is 216 g/mol. The number of likely N-dealkylation sites (N-methyl/N-ethyl adjacent to an activating group) is 1. The van der Waals surface area contributed by atoms with Crippen LogP contribution in [0.4, 0.5) is 0 Å². The molecule has 0 bridgehead atoms. The molecule has 15 heavy (non-hydrogen) atoms. The van der Waals surface area contributed by atoms with Gasteiger partial charge >= 0.3 is 5.97 Å². The summed E-state index contributed by atoms with van der Waals surface area (Å²) in [5.41, 5.74) is 0. The summed E-state index contributed by atoms with van der Waals surface area (Å²) >= 11 is 0. The van der Waals surface area contributed by atoms with E-state index in [1.54, 1.807) is 0 Å². The van der Waals surface area contributed by atoms with Crippen molar-refractivity contribution in [2.45, 2.75) is 26.3 Å². The van der Waals surface area contributed by atoms with Crippen LogP contribution in [0, 0.1) is 5.92 Å². The quantitative estimate of drug-likeness (QED) is 0.637. The van der Waals surface area contributed by atoms with E-state index in [0.717, 1.165) is 6.54 Å². The first-order chi connectivity index (χ1) is 6.97. The van der Waals surface area contributed by atoms with Gasteiger partial charge in [0.2, 0.25) is 0 Å². The van der Waals surface area contributed by atoms with Crippen molar-refractivity contribution in [1.29, 1.82) is 0 Å². The van der Waals surface area contributed by atoms with Gasteiger partial charge in [-0.1, -0.05) is 13.8 Å². The molecule has 0 amide bonds. The van der Waals surface area contributed by atoms with Crippen LogP contribution >= 0.6 is 0 Å². The number of hydrogen-bond donors (Lipinski definition) is 1. The molecule has 0 fully saturated rings. The summed E-state index contributed by atoms with van der Waals surface area (Å²) in [4.78, 5) is 13.1. The predicted molar refractivity (Wildman–Crippen MR) is 61.8 cm³/mol. The van der Waals surface area contributed by atoms with Crippen LogP contribution in [0.1, 0.15) is 20.3 Å². The molecule has 0 aliphatic carbocycles. The van der Waals surface area contributed by atoms with E-state index in [4.69, 9.17) is 0 Å². The number of nitrogens with zero attached hydrogens (tertiary/aromatic N) is 1. The molecule has 0 saturated carbocycles. The highest BCUT2D eigenvalue weighted by Crippen LogP contribution is 2.02. The normalized spacial score (nSPS) is 13.3. The van der Waals surface area contributed by atoms with Crippen molar-refractivity contribution in [2.75, 3.05) is 34.3 Å². The molecular formula is C11H24N2O2. The van der Waals surface area contributed by atoms with Crippen molar-refractivity contribution in [2.24, 2.45) is 5.92 Å². The fourth-order valence-corrected chi connectivity index (χ4v) is 1.37. The molecule has 0 radical (unpaired) electrons. The Kier molecular flexibility index (Phi) is 7.34. The third-order valence-electron chi connectivity index (χ3n) is 2.33. The minimum absolute atomic E-state index is 0.158. The van der Waals surface area contributed by atoms with E-state index in [9.17, 15) is 4.79 Å². The smallest absolute Gasteiger partial charge is 0.306 e. The number of rotatable bonds is 7. The highest BCUT2D eigenvalue weighted by Gasteiger charge is 2.13. The van der Waals surface area contributed by atoms with Crippen LogP contribution in [0.5, 0.6) is 0 Å². The Hall–Kier alpha value is -0.610. The van der Waals surface area contributed by atoms with E-state index in [0.29, 0.717) is 24.9 Å². The molecule has 4 nitrogen and oxygen atoms in total. The highest BCUT2D eigenvalue weighted by molar-refractivity contribution is 5.69. The molecular weight excluding hydrogens is 192 g/mol. The van der Waals surface area contributed by atoms with E-state index < -0.39 is 0 Å². The lowest BCUT2D eigenvalue weighted by Gasteiger charge is -2.25. The summed E-state index contributed by atoms with van der Waals surface area (Å²) in [6.45, 7) is 6.03. The number of esters is 1. The van der Waals surface area contributed by atoms with Crippen LogP contribution in [0.3, 0.4) is 0 Å². The summed E-state index contributed by atoms with van der Waals surface area (Å²) < 4.78 is 4.58. The van der Waals surface area contributed by atoms with Gasteiger partial charge in [-0.2, -0.15) is 0 Å². The van der Waals surface area contributed by atoms with Gasteiger partial charge in [0.15, 0.2) is 0 Å². The third-order valence-corrected chi connectivity index (χ3v) is 2.33. The number of carbonyl (C=O) groups excluding carboxylic acids is 1. The van der Waals surface area contributed by atoms with Gasteiger partial charge in [-0.05, 0) is 20.0 Å². The maximum Gasteiger partial charge on any atom is 0.306 e. The molecule has 0 aromatic rings. The van der Waals surface area contributed by atoms with Crippen molar-refractivity contribution in [3.8, 4) is 0 Å². The molecule has 1 unspecified atom stereocenters. The topological polar surface area (TPSA) is 41.6 Å². The minimum Gasteiger partial charge on any atom is -0.469 e. The van der Waals surface area contributed by atoms with Crippen molar-refractivity contribution in [3.05, 3.63) is 0 Å². The molecule has 0 aliphatic rings. The molecule has 0 saturated heterocycles. The van der Waals surface area contributed by atoms with Crippen LogP contribution in [0.2, 0.25) is 0 Å².